The number of ether oxygens (including phenoxy) is 1. The van der Waals surface area contributed by atoms with Gasteiger partial charge in [-0.3, -0.25) is 0 Å². The summed E-state index contributed by atoms with van der Waals surface area (Å²) in [6.45, 7) is 5.90. The van der Waals surface area contributed by atoms with Crippen molar-refractivity contribution in [1.82, 2.24) is 0 Å². The van der Waals surface area contributed by atoms with Gasteiger partial charge in [-0.2, -0.15) is 0 Å². The summed E-state index contributed by atoms with van der Waals surface area (Å²) >= 11 is 0. The van der Waals surface area contributed by atoms with E-state index >= 15 is 0 Å². The van der Waals surface area contributed by atoms with Crippen LogP contribution in [0.15, 0.2) is 18.2 Å². The van der Waals surface area contributed by atoms with Crippen molar-refractivity contribution < 1.29 is 14.2 Å². The van der Waals surface area contributed by atoms with Crippen molar-refractivity contribution >= 4 is 0 Å². The van der Waals surface area contributed by atoms with E-state index in [-0.39, 0.29) is 24.9 Å². The number of halogens is 1. The average Bonchev–Trinajstić information content (AvgIpc) is 2.27. The Morgan fingerprint density at radius 2 is 2.12 bits per heavy atom. The van der Waals surface area contributed by atoms with Crippen LogP contribution in [0.2, 0.25) is 0 Å². The smallest absolute Gasteiger partial charge is 0.124 e. The van der Waals surface area contributed by atoms with Crippen LogP contribution in [0, 0.1) is 11.7 Å². The minimum Gasteiger partial charge on any atom is -0.490 e. The van der Waals surface area contributed by atoms with Crippen LogP contribution in [0.5, 0.6) is 5.75 Å². The van der Waals surface area contributed by atoms with E-state index < -0.39 is 5.60 Å². The van der Waals surface area contributed by atoms with E-state index in [1.54, 1.807) is 6.92 Å². The van der Waals surface area contributed by atoms with Crippen molar-refractivity contribution in [3.63, 3.8) is 0 Å². The Hall–Kier alpha value is -1.13. The molecule has 4 heteroatoms. The first-order valence-electron chi connectivity index (χ1n) is 5.70. The number of benzene rings is 1. The normalized spacial score (nSPS) is 14.8. The third-order valence-corrected chi connectivity index (χ3v) is 3.01. The zero-order valence-electron chi connectivity index (χ0n) is 10.5. The molecule has 0 aliphatic heterocycles. The molecule has 0 spiro atoms. The van der Waals surface area contributed by atoms with E-state index in [1.807, 2.05) is 13.8 Å². The molecule has 0 aliphatic carbocycles. The van der Waals surface area contributed by atoms with Crippen LogP contribution in [0.3, 0.4) is 0 Å². The van der Waals surface area contributed by atoms with E-state index in [0.29, 0.717) is 11.3 Å². The fourth-order valence-corrected chi connectivity index (χ4v) is 1.24. The highest BCUT2D eigenvalue weighted by Crippen LogP contribution is 2.22. The SMILES string of the molecule is CC(C)C(C)(O)COc1ccc(F)cc1CN. The fraction of sp³-hybridized carbons (Fsp3) is 0.538. The molecule has 0 heterocycles. The lowest BCUT2D eigenvalue weighted by Gasteiger charge is -2.27. The summed E-state index contributed by atoms with van der Waals surface area (Å²) in [6.07, 6.45) is 0. The molecule has 96 valence electrons. The first-order valence-corrected chi connectivity index (χ1v) is 5.70. The van der Waals surface area contributed by atoms with Crippen LogP contribution in [0.25, 0.3) is 0 Å². The van der Waals surface area contributed by atoms with Gasteiger partial charge in [0.15, 0.2) is 0 Å². The van der Waals surface area contributed by atoms with Gasteiger partial charge in [0.05, 0.1) is 5.60 Å². The number of rotatable bonds is 5. The van der Waals surface area contributed by atoms with E-state index in [0.717, 1.165) is 0 Å². The van der Waals surface area contributed by atoms with Crippen molar-refractivity contribution in [2.24, 2.45) is 11.7 Å². The highest BCUT2D eigenvalue weighted by molar-refractivity contribution is 5.33. The number of aliphatic hydroxyl groups is 1. The largest absolute Gasteiger partial charge is 0.490 e. The van der Waals surface area contributed by atoms with Crippen LogP contribution in [-0.2, 0) is 6.54 Å². The average molecular weight is 241 g/mol. The van der Waals surface area contributed by atoms with E-state index in [2.05, 4.69) is 0 Å². The van der Waals surface area contributed by atoms with Gasteiger partial charge in [0.25, 0.3) is 0 Å². The summed E-state index contributed by atoms with van der Waals surface area (Å²) in [4.78, 5) is 0. The lowest BCUT2D eigenvalue weighted by molar-refractivity contribution is -0.0268. The predicted molar refractivity (Wildman–Crippen MR) is 65.2 cm³/mol. The van der Waals surface area contributed by atoms with Crippen LogP contribution < -0.4 is 10.5 Å². The molecule has 1 atom stereocenters. The first kappa shape index (κ1) is 13.9. The lowest BCUT2D eigenvalue weighted by Crippen LogP contribution is -2.38. The van der Waals surface area contributed by atoms with Gasteiger partial charge in [-0.15, -0.1) is 0 Å². The van der Waals surface area contributed by atoms with E-state index in [9.17, 15) is 9.50 Å². The van der Waals surface area contributed by atoms with Gasteiger partial charge in [-0.05, 0) is 31.0 Å². The van der Waals surface area contributed by atoms with Gasteiger partial charge >= 0.3 is 0 Å². The molecule has 1 rings (SSSR count). The minimum absolute atomic E-state index is 0.0734. The molecule has 3 N–H and O–H groups in total. The Labute approximate surface area is 101 Å². The maximum Gasteiger partial charge on any atom is 0.124 e. The third kappa shape index (κ3) is 3.68. The Balaban J connectivity index is 2.76. The maximum absolute atomic E-state index is 13.0. The molecule has 1 unspecified atom stereocenters. The van der Waals surface area contributed by atoms with Crippen molar-refractivity contribution in [1.29, 1.82) is 0 Å². The highest BCUT2D eigenvalue weighted by atomic mass is 19.1. The summed E-state index contributed by atoms with van der Waals surface area (Å²) in [5.74, 6) is 0.257. The zero-order valence-corrected chi connectivity index (χ0v) is 10.5. The molecule has 17 heavy (non-hydrogen) atoms. The van der Waals surface area contributed by atoms with Crippen LogP contribution in [-0.4, -0.2) is 17.3 Å². The first-order chi connectivity index (χ1) is 7.86. The van der Waals surface area contributed by atoms with Gasteiger partial charge in [0, 0.05) is 12.1 Å². The number of hydrogen-bond donors (Lipinski definition) is 2. The molecular weight excluding hydrogens is 221 g/mol. The Morgan fingerprint density at radius 1 is 1.47 bits per heavy atom. The van der Waals surface area contributed by atoms with Gasteiger partial charge in [0.2, 0.25) is 0 Å². The highest BCUT2D eigenvalue weighted by Gasteiger charge is 2.26. The van der Waals surface area contributed by atoms with Crippen molar-refractivity contribution in [2.75, 3.05) is 6.61 Å². The summed E-state index contributed by atoms with van der Waals surface area (Å²) in [5.41, 5.74) is 5.19. The molecule has 0 amide bonds. The van der Waals surface area contributed by atoms with Crippen molar-refractivity contribution in [3.8, 4) is 5.75 Å². The van der Waals surface area contributed by atoms with Crippen LogP contribution >= 0.6 is 0 Å². The van der Waals surface area contributed by atoms with Crippen LogP contribution in [0.1, 0.15) is 26.3 Å². The van der Waals surface area contributed by atoms with Gasteiger partial charge < -0.3 is 15.6 Å². The fourth-order valence-electron chi connectivity index (χ4n) is 1.24. The lowest BCUT2D eigenvalue weighted by atomic mass is 9.94. The van der Waals surface area contributed by atoms with Gasteiger partial charge in [-0.1, -0.05) is 13.8 Å². The van der Waals surface area contributed by atoms with Crippen molar-refractivity contribution in [2.45, 2.75) is 32.9 Å². The van der Waals surface area contributed by atoms with Crippen LogP contribution in [0.4, 0.5) is 4.39 Å². The molecule has 0 aromatic heterocycles. The third-order valence-electron chi connectivity index (χ3n) is 3.01. The summed E-state index contributed by atoms with van der Waals surface area (Å²) in [6, 6.07) is 4.20. The molecular formula is C13H20FNO2. The monoisotopic (exact) mass is 241 g/mol. The molecule has 0 bridgehead atoms. The Kier molecular flexibility index (Phi) is 4.48. The second kappa shape index (κ2) is 5.47. The summed E-state index contributed by atoms with van der Waals surface area (Å²) in [7, 11) is 0. The molecule has 1 aromatic carbocycles. The topological polar surface area (TPSA) is 55.5 Å². The minimum atomic E-state index is -0.916. The maximum atomic E-state index is 13.0. The molecule has 0 aliphatic rings. The zero-order chi connectivity index (χ0) is 13.1. The summed E-state index contributed by atoms with van der Waals surface area (Å²) < 4.78 is 18.5. The standard InChI is InChI=1S/C13H20FNO2/c1-9(2)13(3,16)8-17-12-5-4-11(14)6-10(12)7-15/h4-6,9,16H,7-8,15H2,1-3H3. The molecule has 3 nitrogen and oxygen atoms in total. The quantitative estimate of drug-likeness (QED) is 0.829. The Morgan fingerprint density at radius 3 is 2.65 bits per heavy atom. The van der Waals surface area contributed by atoms with Gasteiger partial charge in [-0.25, -0.2) is 4.39 Å². The molecule has 0 radical (unpaired) electrons. The molecule has 0 saturated carbocycles. The number of nitrogens with two attached hydrogens (primary N) is 1. The second-order valence-electron chi connectivity index (χ2n) is 4.76. The second-order valence-corrected chi connectivity index (χ2v) is 4.76. The summed E-state index contributed by atoms with van der Waals surface area (Å²) in [5, 5.41) is 10.0. The Bertz CT molecular complexity index is 378. The number of hydrogen-bond acceptors (Lipinski definition) is 3. The molecule has 0 fully saturated rings. The predicted octanol–water partition coefficient (Wildman–Crippen LogP) is 2.07. The van der Waals surface area contributed by atoms with E-state index in [4.69, 9.17) is 10.5 Å². The molecule has 0 saturated heterocycles. The van der Waals surface area contributed by atoms with E-state index in [1.165, 1.54) is 18.2 Å². The van der Waals surface area contributed by atoms with Crippen molar-refractivity contribution in [3.05, 3.63) is 29.6 Å². The molecule has 1 aromatic rings. The van der Waals surface area contributed by atoms with Gasteiger partial charge in [0.1, 0.15) is 18.2 Å².